The number of nitrogens with one attached hydrogen (secondary N) is 2. The zero-order valence-electron chi connectivity index (χ0n) is 14.6. The van der Waals surface area contributed by atoms with Gasteiger partial charge in [0, 0.05) is 35.9 Å². The second-order valence-corrected chi connectivity index (χ2v) is 6.71. The number of amides is 2. The lowest BCUT2D eigenvalue weighted by molar-refractivity contribution is -0.169. The Labute approximate surface area is 144 Å². The molecule has 132 valence electrons. The molecule has 2 atom stereocenters. The summed E-state index contributed by atoms with van der Waals surface area (Å²) < 4.78 is 11.3. The van der Waals surface area contributed by atoms with Gasteiger partial charge in [-0.1, -0.05) is 24.6 Å². The van der Waals surface area contributed by atoms with Gasteiger partial charge in [-0.05, 0) is 39.2 Å². The smallest absolute Gasteiger partial charge is 0.319 e. The summed E-state index contributed by atoms with van der Waals surface area (Å²) in [6, 6.07) is 7.86. The first-order chi connectivity index (χ1) is 11.7. The number of anilines is 1. The lowest BCUT2D eigenvalue weighted by Crippen LogP contribution is -2.68. The molecular weight excluding hydrogens is 304 g/mol. The Morgan fingerprint density at radius 1 is 1.25 bits per heavy atom. The van der Waals surface area contributed by atoms with Crippen molar-refractivity contribution in [2.45, 2.75) is 58.3 Å². The molecule has 2 saturated carbocycles. The lowest BCUT2D eigenvalue weighted by atomic mass is 9.51. The molecule has 5 heteroatoms. The molecule has 0 saturated heterocycles. The van der Waals surface area contributed by atoms with Gasteiger partial charge in [-0.15, -0.1) is 0 Å². The van der Waals surface area contributed by atoms with Crippen LogP contribution in [0.25, 0.3) is 0 Å². The van der Waals surface area contributed by atoms with E-state index in [0.29, 0.717) is 19.3 Å². The van der Waals surface area contributed by atoms with E-state index in [0.717, 1.165) is 37.1 Å². The Kier molecular flexibility index (Phi) is 5.41. The number of hydrogen-bond donors (Lipinski definition) is 2. The minimum absolute atomic E-state index is 0.134. The molecule has 3 rings (SSSR count). The van der Waals surface area contributed by atoms with E-state index in [1.807, 2.05) is 38.1 Å². The molecule has 2 fully saturated rings. The van der Waals surface area contributed by atoms with E-state index < -0.39 is 0 Å². The third kappa shape index (κ3) is 3.28. The van der Waals surface area contributed by atoms with Crippen LogP contribution in [0.15, 0.2) is 24.3 Å². The topological polar surface area (TPSA) is 59.6 Å². The second kappa shape index (κ2) is 7.53. The van der Waals surface area contributed by atoms with Crippen LogP contribution in [0.1, 0.15) is 45.1 Å². The summed E-state index contributed by atoms with van der Waals surface area (Å²) >= 11 is 0. The Bertz CT molecular complexity index is 571. The number of hydrogen-bond acceptors (Lipinski definition) is 3. The molecule has 2 amide bonds. The lowest BCUT2D eigenvalue weighted by Gasteiger charge is -2.60. The molecule has 0 heterocycles. The van der Waals surface area contributed by atoms with Crippen molar-refractivity contribution in [2.75, 3.05) is 18.5 Å². The van der Waals surface area contributed by atoms with Crippen molar-refractivity contribution in [3.63, 3.8) is 0 Å². The van der Waals surface area contributed by atoms with Crippen molar-refractivity contribution in [1.29, 1.82) is 0 Å². The van der Waals surface area contributed by atoms with E-state index in [4.69, 9.17) is 9.47 Å². The van der Waals surface area contributed by atoms with Crippen molar-refractivity contribution in [2.24, 2.45) is 5.41 Å². The predicted molar refractivity (Wildman–Crippen MR) is 94.0 cm³/mol. The summed E-state index contributed by atoms with van der Waals surface area (Å²) in [4.78, 5) is 12.4. The number of para-hydroxylation sites is 1. The fourth-order valence-electron chi connectivity index (χ4n) is 3.94. The van der Waals surface area contributed by atoms with Crippen molar-refractivity contribution in [3.8, 4) is 0 Å². The van der Waals surface area contributed by atoms with E-state index >= 15 is 0 Å². The van der Waals surface area contributed by atoms with Crippen LogP contribution in [0.3, 0.4) is 0 Å². The third-order valence-electron chi connectivity index (χ3n) is 5.47. The molecule has 0 radical (unpaired) electrons. The summed E-state index contributed by atoms with van der Waals surface area (Å²) in [7, 11) is 0. The number of carbonyl (C=O) groups excluding carboxylic acids is 1. The van der Waals surface area contributed by atoms with E-state index in [1.165, 1.54) is 6.42 Å². The van der Waals surface area contributed by atoms with Gasteiger partial charge < -0.3 is 20.1 Å². The maximum atomic E-state index is 12.4. The molecule has 1 spiro atoms. The summed E-state index contributed by atoms with van der Waals surface area (Å²) in [6.45, 7) is 5.91. The monoisotopic (exact) mass is 332 g/mol. The van der Waals surface area contributed by atoms with Gasteiger partial charge in [-0.2, -0.15) is 0 Å². The second-order valence-electron chi connectivity index (χ2n) is 6.71. The van der Waals surface area contributed by atoms with Crippen molar-refractivity contribution < 1.29 is 14.3 Å². The molecule has 24 heavy (non-hydrogen) atoms. The van der Waals surface area contributed by atoms with Crippen LogP contribution in [0, 0.1) is 5.41 Å². The molecule has 1 aromatic rings. The van der Waals surface area contributed by atoms with Crippen molar-refractivity contribution >= 4 is 11.7 Å². The molecule has 0 aliphatic heterocycles. The fraction of sp³-hybridized carbons (Fsp3) is 0.632. The Morgan fingerprint density at radius 3 is 2.71 bits per heavy atom. The summed E-state index contributed by atoms with van der Waals surface area (Å²) in [5.41, 5.74) is 1.98. The standard InChI is InChI=1S/C19H28N2O3/c1-3-23-13-14-8-5-6-9-15(14)20-18(22)21-16-12-17(24-4-2)19(16)10-7-11-19/h5-6,8-9,16-17H,3-4,7,10-13H2,1-2H3,(H2,20,21,22)/t16-,17+/m1/s1. The van der Waals surface area contributed by atoms with Crippen LogP contribution in [0.5, 0.6) is 0 Å². The van der Waals surface area contributed by atoms with E-state index in [2.05, 4.69) is 10.6 Å². The molecule has 2 aliphatic rings. The van der Waals surface area contributed by atoms with Gasteiger partial charge >= 0.3 is 6.03 Å². The normalized spacial score (nSPS) is 24.1. The predicted octanol–water partition coefficient (Wildman–Crippen LogP) is 3.69. The minimum atomic E-state index is -0.134. The van der Waals surface area contributed by atoms with Gasteiger partial charge in [0.25, 0.3) is 0 Å². The Morgan fingerprint density at radius 2 is 2.04 bits per heavy atom. The number of rotatable bonds is 7. The maximum absolute atomic E-state index is 12.4. The summed E-state index contributed by atoms with van der Waals surface area (Å²) in [5.74, 6) is 0. The van der Waals surface area contributed by atoms with Crippen LogP contribution >= 0.6 is 0 Å². The highest BCUT2D eigenvalue weighted by molar-refractivity contribution is 5.90. The molecule has 0 aromatic heterocycles. The number of benzene rings is 1. The van der Waals surface area contributed by atoms with Gasteiger partial charge in [0.05, 0.1) is 12.7 Å². The molecular formula is C19H28N2O3. The fourth-order valence-corrected chi connectivity index (χ4v) is 3.94. The van der Waals surface area contributed by atoms with Gasteiger partial charge in [0.2, 0.25) is 0 Å². The summed E-state index contributed by atoms with van der Waals surface area (Å²) in [5, 5.41) is 6.14. The van der Waals surface area contributed by atoms with Gasteiger partial charge in [0.1, 0.15) is 0 Å². The highest BCUT2D eigenvalue weighted by atomic mass is 16.5. The van der Waals surface area contributed by atoms with Crippen molar-refractivity contribution in [1.82, 2.24) is 5.32 Å². The quantitative estimate of drug-likeness (QED) is 0.800. The molecule has 2 aliphatic carbocycles. The molecule has 0 bridgehead atoms. The molecule has 5 nitrogen and oxygen atoms in total. The van der Waals surface area contributed by atoms with Crippen LogP contribution in [0.4, 0.5) is 10.5 Å². The Balaban J connectivity index is 1.57. The van der Waals surface area contributed by atoms with Crippen LogP contribution in [-0.4, -0.2) is 31.4 Å². The maximum Gasteiger partial charge on any atom is 0.319 e. The highest BCUT2D eigenvalue weighted by Gasteiger charge is 2.59. The Hall–Kier alpha value is -1.59. The molecule has 2 N–H and O–H groups in total. The van der Waals surface area contributed by atoms with Crippen LogP contribution in [-0.2, 0) is 16.1 Å². The first-order valence-electron chi connectivity index (χ1n) is 9.04. The molecule has 1 aromatic carbocycles. The van der Waals surface area contributed by atoms with Crippen molar-refractivity contribution in [3.05, 3.63) is 29.8 Å². The average molecular weight is 332 g/mol. The first kappa shape index (κ1) is 17.2. The van der Waals surface area contributed by atoms with E-state index in [9.17, 15) is 4.79 Å². The third-order valence-corrected chi connectivity index (χ3v) is 5.47. The van der Waals surface area contributed by atoms with Crippen LogP contribution < -0.4 is 10.6 Å². The highest BCUT2D eigenvalue weighted by Crippen LogP contribution is 2.57. The van der Waals surface area contributed by atoms with Gasteiger partial charge in [-0.3, -0.25) is 0 Å². The largest absolute Gasteiger partial charge is 0.378 e. The SMILES string of the molecule is CCOCc1ccccc1NC(=O)N[C@@H]1C[C@H](OCC)C12CCC2. The zero-order valence-corrected chi connectivity index (χ0v) is 14.6. The van der Waals surface area contributed by atoms with Crippen LogP contribution in [0.2, 0.25) is 0 Å². The van der Waals surface area contributed by atoms with E-state index in [1.54, 1.807) is 0 Å². The summed E-state index contributed by atoms with van der Waals surface area (Å²) in [6.07, 6.45) is 4.78. The molecule has 0 unspecified atom stereocenters. The number of urea groups is 1. The number of carbonyl (C=O) groups is 1. The minimum Gasteiger partial charge on any atom is -0.378 e. The first-order valence-corrected chi connectivity index (χ1v) is 9.04. The average Bonchev–Trinajstić information content (AvgIpc) is 2.51. The van der Waals surface area contributed by atoms with Gasteiger partial charge in [-0.25, -0.2) is 4.79 Å². The number of ether oxygens (including phenoxy) is 2. The van der Waals surface area contributed by atoms with Gasteiger partial charge in [0.15, 0.2) is 0 Å². The van der Waals surface area contributed by atoms with E-state index in [-0.39, 0.29) is 17.5 Å². The zero-order chi connectivity index (χ0) is 17.0.